The van der Waals surface area contributed by atoms with Crippen molar-refractivity contribution < 1.29 is 14.3 Å². The monoisotopic (exact) mass is 380 g/mol. The molecule has 4 aliphatic rings. The second kappa shape index (κ2) is 8.64. The number of likely N-dealkylation sites (tertiary alicyclic amines) is 1. The van der Waals surface area contributed by atoms with E-state index in [4.69, 9.17) is 9.47 Å². The number of ether oxygens (including phenoxy) is 2. The summed E-state index contributed by atoms with van der Waals surface area (Å²) < 4.78 is 11.4. The molecule has 4 heterocycles. The van der Waals surface area contributed by atoms with E-state index in [9.17, 15) is 4.79 Å². The zero-order valence-corrected chi connectivity index (χ0v) is 16.9. The van der Waals surface area contributed by atoms with Crippen molar-refractivity contribution in [2.24, 2.45) is 0 Å². The summed E-state index contributed by atoms with van der Waals surface area (Å²) in [4.78, 5) is 22.0. The minimum Gasteiger partial charge on any atom is -0.441 e. The van der Waals surface area contributed by atoms with Crippen molar-refractivity contribution in [1.82, 2.24) is 19.6 Å². The van der Waals surface area contributed by atoms with Crippen LogP contribution in [0.15, 0.2) is 0 Å². The van der Waals surface area contributed by atoms with Gasteiger partial charge in [-0.05, 0) is 19.4 Å². The Balaban J connectivity index is 1.22. The number of piperazine rings is 1. The molecule has 0 radical (unpaired) electrons. The van der Waals surface area contributed by atoms with E-state index in [1.807, 2.05) is 4.90 Å². The summed E-state index contributed by atoms with van der Waals surface area (Å²) in [6, 6.07) is 0.658. The van der Waals surface area contributed by atoms with Gasteiger partial charge in [0.05, 0.1) is 6.54 Å². The first-order chi connectivity index (χ1) is 13.2. The molecule has 0 aliphatic carbocycles. The standard InChI is InChI=1S/C20H36N4O3/c1-2-21-9-11-22(12-10-21)13-14-24-17-20(27-19(24)25)5-7-23(8-6-20)18-3-15-26-16-4-18/h18H,2-17H2,1H3. The second-order valence-corrected chi connectivity index (χ2v) is 8.63. The highest BCUT2D eigenvalue weighted by Crippen LogP contribution is 2.34. The van der Waals surface area contributed by atoms with Crippen molar-refractivity contribution in [3.63, 3.8) is 0 Å². The highest BCUT2D eigenvalue weighted by Gasteiger charge is 2.47. The molecular weight excluding hydrogens is 344 g/mol. The van der Waals surface area contributed by atoms with E-state index in [0.717, 1.165) is 104 Å². The van der Waals surface area contributed by atoms with Crippen LogP contribution in [-0.4, -0.2) is 116 Å². The Morgan fingerprint density at radius 3 is 2.30 bits per heavy atom. The van der Waals surface area contributed by atoms with Gasteiger partial charge in [0.25, 0.3) is 0 Å². The van der Waals surface area contributed by atoms with E-state index in [1.165, 1.54) is 0 Å². The van der Waals surface area contributed by atoms with E-state index in [1.54, 1.807) is 0 Å². The summed E-state index contributed by atoms with van der Waals surface area (Å²) in [6.45, 7) is 14.3. The Kier molecular flexibility index (Phi) is 6.21. The molecule has 0 unspecified atom stereocenters. The summed E-state index contributed by atoms with van der Waals surface area (Å²) in [5.41, 5.74) is -0.236. The molecule has 4 fully saturated rings. The van der Waals surface area contributed by atoms with Crippen molar-refractivity contribution in [3.8, 4) is 0 Å². The SMILES string of the molecule is CCN1CCN(CCN2CC3(CCN(C4CCOCC4)CC3)OC2=O)CC1. The summed E-state index contributed by atoms with van der Waals surface area (Å²) >= 11 is 0. The Bertz CT molecular complexity index is 495. The first-order valence-electron chi connectivity index (χ1n) is 10.9. The minimum atomic E-state index is -0.236. The number of carbonyl (C=O) groups excluding carboxylic acids is 1. The summed E-state index contributed by atoms with van der Waals surface area (Å²) in [5.74, 6) is 0. The van der Waals surface area contributed by atoms with Crippen LogP contribution in [0, 0.1) is 0 Å². The maximum absolute atomic E-state index is 12.4. The van der Waals surface area contributed by atoms with Crippen LogP contribution in [0.4, 0.5) is 4.79 Å². The fraction of sp³-hybridized carbons (Fsp3) is 0.950. The van der Waals surface area contributed by atoms with Crippen LogP contribution < -0.4 is 0 Å². The van der Waals surface area contributed by atoms with Gasteiger partial charge in [0.2, 0.25) is 0 Å². The normalized spacial score (nSPS) is 28.8. The van der Waals surface area contributed by atoms with Gasteiger partial charge in [-0.15, -0.1) is 0 Å². The third-order valence-electron chi connectivity index (χ3n) is 7.06. The molecule has 0 bridgehead atoms. The highest BCUT2D eigenvalue weighted by atomic mass is 16.6. The average Bonchev–Trinajstić information content (AvgIpc) is 3.03. The predicted molar refractivity (Wildman–Crippen MR) is 104 cm³/mol. The van der Waals surface area contributed by atoms with Gasteiger partial charge in [0.15, 0.2) is 0 Å². The quantitative estimate of drug-likeness (QED) is 0.712. The maximum atomic E-state index is 12.4. The fourth-order valence-corrected chi connectivity index (χ4v) is 5.06. The van der Waals surface area contributed by atoms with Gasteiger partial charge < -0.3 is 19.3 Å². The Morgan fingerprint density at radius 2 is 1.63 bits per heavy atom. The molecule has 4 saturated heterocycles. The van der Waals surface area contributed by atoms with Crippen LogP contribution in [0.3, 0.4) is 0 Å². The van der Waals surface area contributed by atoms with Crippen LogP contribution in [-0.2, 0) is 9.47 Å². The van der Waals surface area contributed by atoms with Gasteiger partial charge in [-0.1, -0.05) is 6.92 Å². The van der Waals surface area contributed by atoms with Gasteiger partial charge in [-0.25, -0.2) is 4.79 Å². The van der Waals surface area contributed by atoms with Gasteiger partial charge in [0.1, 0.15) is 5.60 Å². The van der Waals surface area contributed by atoms with Crippen LogP contribution in [0.1, 0.15) is 32.6 Å². The van der Waals surface area contributed by atoms with Crippen molar-refractivity contribution in [2.75, 3.05) is 78.7 Å². The van der Waals surface area contributed by atoms with Gasteiger partial charge in [-0.2, -0.15) is 0 Å². The van der Waals surface area contributed by atoms with E-state index in [-0.39, 0.29) is 11.7 Å². The molecule has 154 valence electrons. The lowest BCUT2D eigenvalue weighted by Crippen LogP contribution is -2.51. The number of hydrogen-bond acceptors (Lipinski definition) is 6. The van der Waals surface area contributed by atoms with Gasteiger partial charge in [-0.3, -0.25) is 9.80 Å². The van der Waals surface area contributed by atoms with E-state index in [2.05, 4.69) is 21.6 Å². The molecule has 0 atom stereocenters. The first kappa shape index (κ1) is 19.4. The van der Waals surface area contributed by atoms with Gasteiger partial charge >= 0.3 is 6.09 Å². The smallest absolute Gasteiger partial charge is 0.410 e. The van der Waals surface area contributed by atoms with Crippen molar-refractivity contribution >= 4 is 6.09 Å². The Labute approximate surface area is 163 Å². The van der Waals surface area contributed by atoms with E-state index >= 15 is 0 Å². The molecule has 7 heteroatoms. The third kappa shape index (κ3) is 4.58. The van der Waals surface area contributed by atoms with Crippen molar-refractivity contribution in [1.29, 1.82) is 0 Å². The number of amides is 1. The average molecular weight is 381 g/mol. The second-order valence-electron chi connectivity index (χ2n) is 8.63. The largest absolute Gasteiger partial charge is 0.441 e. The summed E-state index contributed by atoms with van der Waals surface area (Å²) in [6.07, 6.45) is 4.14. The van der Waals surface area contributed by atoms with Crippen LogP contribution in [0.25, 0.3) is 0 Å². The van der Waals surface area contributed by atoms with Crippen LogP contribution in [0.5, 0.6) is 0 Å². The zero-order valence-electron chi connectivity index (χ0n) is 16.9. The topological polar surface area (TPSA) is 48.5 Å². The molecule has 0 aromatic heterocycles. The molecule has 0 N–H and O–H groups in total. The van der Waals surface area contributed by atoms with Crippen molar-refractivity contribution in [3.05, 3.63) is 0 Å². The fourth-order valence-electron chi connectivity index (χ4n) is 5.06. The zero-order chi connectivity index (χ0) is 18.7. The van der Waals surface area contributed by atoms with Crippen molar-refractivity contribution in [2.45, 2.75) is 44.2 Å². The number of hydrogen-bond donors (Lipinski definition) is 0. The maximum Gasteiger partial charge on any atom is 0.410 e. The summed E-state index contributed by atoms with van der Waals surface area (Å²) in [7, 11) is 0. The predicted octanol–water partition coefficient (Wildman–Crippen LogP) is 1.09. The highest BCUT2D eigenvalue weighted by molar-refractivity contribution is 5.70. The minimum absolute atomic E-state index is 0.0956. The molecule has 7 nitrogen and oxygen atoms in total. The lowest BCUT2D eigenvalue weighted by molar-refractivity contribution is -0.0303. The molecule has 0 saturated carbocycles. The lowest BCUT2D eigenvalue weighted by Gasteiger charge is -2.42. The first-order valence-corrected chi connectivity index (χ1v) is 10.9. The summed E-state index contributed by atoms with van der Waals surface area (Å²) in [5, 5.41) is 0. The van der Waals surface area contributed by atoms with Crippen LogP contribution >= 0.6 is 0 Å². The van der Waals surface area contributed by atoms with E-state index < -0.39 is 0 Å². The number of likely N-dealkylation sites (N-methyl/N-ethyl adjacent to an activating group) is 1. The Hall–Kier alpha value is -0.890. The molecule has 0 aromatic rings. The lowest BCUT2D eigenvalue weighted by atomic mass is 9.89. The Morgan fingerprint density at radius 1 is 0.963 bits per heavy atom. The molecule has 4 aliphatic heterocycles. The number of carbonyl (C=O) groups is 1. The number of piperidine rings is 1. The molecule has 1 amide bonds. The molecule has 1 spiro atoms. The van der Waals surface area contributed by atoms with E-state index in [0.29, 0.717) is 6.04 Å². The third-order valence-corrected chi connectivity index (χ3v) is 7.06. The number of nitrogens with zero attached hydrogens (tertiary/aromatic N) is 4. The number of rotatable bonds is 5. The molecule has 0 aromatic carbocycles. The van der Waals surface area contributed by atoms with Gasteiger partial charge in [0, 0.05) is 84.5 Å². The molecule has 27 heavy (non-hydrogen) atoms. The molecule has 4 rings (SSSR count). The molecular formula is C20H36N4O3. The van der Waals surface area contributed by atoms with Crippen LogP contribution in [0.2, 0.25) is 0 Å².